The molecule has 0 heterocycles. The third-order valence-electron chi connectivity index (χ3n) is 8.71. The van der Waals surface area contributed by atoms with Crippen molar-refractivity contribution in [1.29, 1.82) is 0 Å². The molecule has 0 amide bonds. The Bertz CT molecular complexity index is 682. The van der Waals surface area contributed by atoms with Crippen LogP contribution in [0.4, 0.5) is 0 Å². The van der Waals surface area contributed by atoms with Crippen molar-refractivity contribution in [2.75, 3.05) is 0 Å². The number of ketones is 1. The molecule has 1 N–H and O–H groups in total. The molecule has 0 spiro atoms. The molecule has 0 aromatic carbocycles. The first-order chi connectivity index (χ1) is 11.9. The van der Waals surface area contributed by atoms with Crippen molar-refractivity contribution in [3.05, 3.63) is 29.5 Å². The Morgan fingerprint density at radius 1 is 1.20 bits per heavy atom. The molecule has 2 heteroatoms. The molecule has 4 rings (SSSR count). The second-order valence-electron chi connectivity index (χ2n) is 9.29. The predicted octanol–water partition coefficient (Wildman–Crippen LogP) is 5.12. The van der Waals surface area contributed by atoms with Gasteiger partial charge in [0.15, 0.2) is 0 Å². The Morgan fingerprint density at radius 3 is 2.72 bits per heavy atom. The zero-order chi connectivity index (χ0) is 17.9. The highest BCUT2D eigenvalue weighted by Crippen LogP contribution is 2.69. The first-order valence-corrected chi connectivity index (χ1v) is 10.2. The SMILES string of the molecule is C=C=C[C@]1(O)CC[C@H]2[C@@H]3CCC4=C(CCC(=O)C4)[C@@]3(C)CCC21CC. The molecule has 1 unspecified atom stereocenters. The molecule has 0 aliphatic heterocycles. The van der Waals surface area contributed by atoms with Crippen molar-refractivity contribution >= 4 is 5.78 Å². The lowest BCUT2D eigenvalue weighted by Gasteiger charge is -2.59. The van der Waals surface area contributed by atoms with Gasteiger partial charge in [-0.25, -0.2) is 0 Å². The van der Waals surface area contributed by atoms with Gasteiger partial charge in [0.25, 0.3) is 0 Å². The molecule has 0 aromatic heterocycles. The fourth-order valence-electron chi connectivity index (χ4n) is 7.48. The summed E-state index contributed by atoms with van der Waals surface area (Å²) in [5.74, 6) is 1.67. The quantitative estimate of drug-likeness (QED) is 0.559. The van der Waals surface area contributed by atoms with Crippen molar-refractivity contribution in [2.24, 2.45) is 22.7 Å². The largest absolute Gasteiger partial charge is 0.385 e. The predicted molar refractivity (Wildman–Crippen MR) is 100 cm³/mol. The van der Waals surface area contributed by atoms with Crippen LogP contribution in [-0.4, -0.2) is 16.5 Å². The van der Waals surface area contributed by atoms with Crippen LogP contribution >= 0.6 is 0 Å². The van der Waals surface area contributed by atoms with E-state index in [9.17, 15) is 9.90 Å². The molecule has 136 valence electrons. The molecule has 4 aliphatic rings. The van der Waals surface area contributed by atoms with Crippen LogP contribution in [0.5, 0.6) is 0 Å². The Morgan fingerprint density at radius 2 is 2.00 bits per heavy atom. The minimum Gasteiger partial charge on any atom is -0.385 e. The maximum atomic E-state index is 11.9. The third kappa shape index (κ3) is 2.17. The van der Waals surface area contributed by atoms with Crippen LogP contribution in [0.3, 0.4) is 0 Å². The van der Waals surface area contributed by atoms with Gasteiger partial charge in [0, 0.05) is 18.3 Å². The maximum Gasteiger partial charge on any atom is 0.137 e. The fourth-order valence-corrected chi connectivity index (χ4v) is 7.48. The van der Waals surface area contributed by atoms with Crippen LogP contribution in [0, 0.1) is 22.7 Å². The monoisotopic (exact) mass is 340 g/mol. The Balaban J connectivity index is 1.75. The summed E-state index contributed by atoms with van der Waals surface area (Å²) in [6.07, 6.45) is 11.9. The molecule has 0 aromatic rings. The zero-order valence-corrected chi connectivity index (χ0v) is 15.9. The Hall–Kier alpha value is -1.11. The van der Waals surface area contributed by atoms with Crippen LogP contribution in [0.15, 0.2) is 29.5 Å². The van der Waals surface area contributed by atoms with Gasteiger partial charge in [-0.2, -0.15) is 0 Å². The van der Waals surface area contributed by atoms with Crippen molar-refractivity contribution in [3.63, 3.8) is 0 Å². The standard InChI is InChI=1S/C23H32O2/c1-4-11-23(25)12-10-20-19-8-6-16-15-17(24)7-9-18(16)21(19,3)13-14-22(20,23)5-2/h11,19-20,25H,1,5-10,12-15H2,2-3H3/t19-,20-,21+,22?,23-/m0/s1. The Labute approximate surface area is 152 Å². The molecule has 0 saturated heterocycles. The number of carbonyl (C=O) groups excluding carboxylic acids is 1. The van der Waals surface area contributed by atoms with Gasteiger partial charge in [-0.1, -0.05) is 31.6 Å². The molecule has 2 nitrogen and oxygen atoms in total. The highest BCUT2D eigenvalue weighted by molar-refractivity contribution is 5.83. The highest BCUT2D eigenvalue weighted by Gasteiger charge is 2.64. The van der Waals surface area contributed by atoms with Crippen LogP contribution < -0.4 is 0 Å². The van der Waals surface area contributed by atoms with E-state index in [1.165, 1.54) is 12.0 Å². The van der Waals surface area contributed by atoms with E-state index in [-0.39, 0.29) is 10.8 Å². The maximum absolute atomic E-state index is 11.9. The minimum absolute atomic E-state index is 0.00951. The summed E-state index contributed by atoms with van der Waals surface area (Å²) in [7, 11) is 0. The van der Waals surface area contributed by atoms with E-state index < -0.39 is 5.60 Å². The smallest absolute Gasteiger partial charge is 0.137 e. The summed E-state index contributed by atoms with van der Waals surface area (Å²) < 4.78 is 0. The van der Waals surface area contributed by atoms with Crippen molar-refractivity contribution in [3.8, 4) is 0 Å². The molecule has 25 heavy (non-hydrogen) atoms. The number of allylic oxidation sites excluding steroid dienone is 2. The average Bonchev–Trinajstić information content (AvgIpc) is 2.87. The molecule has 5 atom stereocenters. The molecule has 0 bridgehead atoms. The lowest BCUT2D eigenvalue weighted by molar-refractivity contribution is -0.121. The number of hydrogen-bond donors (Lipinski definition) is 1. The molecule has 4 aliphatic carbocycles. The van der Waals surface area contributed by atoms with Crippen LogP contribution in [0.2, 0.25) is 0 Å². The second kappa shape index (κ2) is 5.69. The zero-order valence-electron chi connectivity index (χ0n) is 15.9. The van der Waals surface area contributed by atoms with Crippen molar-refractivity contribution < 1.29 is 9.90 Å². The summed E-state index contributed by atoms with van der Waals surface area (Å²) in [4.78, 5) is 11.9. The summed E-state index contributed by atoms with van der Waals surface area (Å²) in [5.41, 5.74) is 5.51. The van der Waals surface area contributed by atoms with E-state index in [4.69, 9.17) is 0 Å². The first-order valence-electron chi connectivity index (χ1n) is 10.2. The minimum atomic E-state index is -0.729. The molecular weight excluding hydrogens is 308 g/mol. The lowest BCUT2D eigenvalue weighted by Crippen LogP contribution is -2.55. The summed E-state index contributed by atoms with van der Waals surface area (Å²) >= 11 is 0. The van der Waals surface area contributed by atoms with Gasteiger partial charge in [0.1, 0.15) is 5.78 Å². The van der Waals surface area contributed by atoms with E-state index in [2.05, 4.69) is 26.2 Å². The van der Waals surface area contributed by atoms with E-state index >= 15 is 0 Å². The molecule has 2 fully saturated rings. The normalized spacial score (nSPS) is 46.1. The Kier molecular flexibility index (Phi) is 3.94. The highest BCUT2D eigenvalue weighted by atomic mass is 16.3. The van der Waals surface area contributed by atoms with Gasteiger partial charge in [-0.15, -0.1) is 5.73 Å². The fraction of sp³-hybridized carbons (Fsp3) is 0.739. The molecule has 0 radical (unpaired) electrons. The first kappa shape index (κ1) is 17.3. The summed E-state index contributed by atoms with van der Waals surface area (Å²) in [6, 6.07) is 0. The van der Waals surface area contributed by atoms with Crippen molar-refractivity contribution in [2.45, 2.75) is 83.7 Å². The van der Waals surface area contributed by atoms with Gasteiger partial charge >= 0.3 is 0 Å². The third-order valence-corrected chi connectivity index (χ3v) is 8.71. The van der Waals surface area contributed by atoms with Crippen LogP contribution in [0.1, 0.15) is 78.1 Å². The van der Waals surface area contributed by atoms with E-state index in [1.54, 1.807) is 5.57 Å². The summed E-state index contributed by atoms with van der Waals surface area (Å²) in [6.45, 7) is 8.48. The van der Waals surface area contributed by atoms with E-state index in [0.29, 0.717) is 24.0 Å². The van der Waals surface area contributed by atoms with Crippen molar-refractivity contribution in [1.82, 2.24) is 0 Å². The van der Waals surface area contributed by atoms with Gasteiger partial charge in [0.2, 0.25) is 0 Å². The number of carbonyl (C=O) groups is 1. The molecule has 2 saturated carbocycles. The molecular formula is C23H32O2. The van der Waals surface area contributed by atoms with Gasteiger partial charge in [0.05, 0.1) is 5.60 Å². The number of hydrogen-bond acceptors (Lipinski definition) is 2. The van der Waals surface area contributed by atoms with Crippen LogP contribution in [0.25, 0.3) is 0 Å². The summed E-state index contributed by atoms with van der Waals surface area (Å²) in [5, 5.41) is 11.5. The van der Waals surface area contributed by atoms with Crippen LogP contribution in [-0.2, 0) is 4.79 Å². The van der Waals surface area contributed by atoms with Gasteiger partial charge in [-0.05, 0) is 74.7 Å². The van der Waals surface area contributed by atoms with E-state index in [1.807, 2.05) is 6.08 Å². The number of rotatable bonds is 2. The average molecular weight is 341 g/mol. The van der Waals surface area contributed by atoms with Gasteiger partial charge in [-0.3, -0.25) is 4.79 Å². The number of fused-ring (bicyclic) bond motifs is 4. The van der Waals surface area contributed by atoms with E-state index in [0.717, 1.165) is 51.4 Å². The second-order valence-corrected chi connectivity index (χ2v) is 9.29. The lowest BCUT2D eigenvalue weighted by atomic mass is 9.45. The topological polar surface area (TPSA) is 37.3 Å². The number of Topliss-reactive ketones (excluding diaryl/α,β-unsaturated/α-hetero) is 1. The number of aliphatic hydroxyl groups is 1. The van der Waals surface area contributed by atoms with Gasteiger partial charge < -0.3 is 5.11 Å².